The van der Waals surface area contributed by atoms with Crippen molar-refractivity contribution in [2.24, 2.45) is 0 Å². The standard InChI is InChI=1S/C19H22O3/c1-22-18(21)8-3-2-7-17(20)15-11-9-13-5-4-6-14-10-12-16(15)19(13)14/h4-6,9,11,17,20H,2-3,7-8,10,12H2,1H3. The highest BCUT2D eigenvalue weighted by Crippen LogP contribution is 2.36. The molecule has 1 aliphatic rings. The first-order valence-corrected chi connectivity index (χ1v) is 7.99. The molecule has 0 aliphatic heterocycles. The van der Waals surface area contributed by atoms with Crippen molar-refractivity contribution in [3.63, 3.8) is 0 Å². The first-order valence-electron chi connectivity index (χ1n) is 7.99. The summed E-state index contributed by atoms with van der Waals surface area (Å²) in [7, 11) is 1.41. The third-order valence-electron chi connectivity index (χ3n) is 4.62. The molecule has 0 saturated heterocycles. The fourth-order valence-electron chi connectivity index (χ4n) is 3.47. The minimum absolute atomic E-state index is 0.177. The molecule has 0 saturated carbocycles. The van der Waals surface area contributed by atoms with E-state index in [9.17, 15) is 9.90 Å². The van der Waals surface area contributed by atoms with Crippen LogP contribution in [0.5, 0.6) is 0 Å². The van der Waals surface area contributed by atoms with Gasteiger partial charge in [-0.05, 0) is 59.6 Å². The zero-order chi connectivity index (χ0) is 15.5. The molecule has 1 atom stereocenters. The summed E-state index contributed by atoms with van der Waals surface area (Å²) in [6.07, 6.45) is 4.36. The smallest absolute Gasteiger partial charge is 0.305 e. The Morgan fingerprint density at radius 1 is 1.23 bits per heavy atom. The van der Waals surface area contributed by atoms with Gasteiger partial charge in [0.2, 0.25) is 0 Å². The van der Waals surface area contributed by atoms with Crippen LogP contribution in [0.25, 0.3) is 10.8 Å². The Morgan fingerprint density at radius 3 is 2.91 bits per heavy atom. The van der Waals surface area contributed by atoms with Crippen molar-refractivity contribution in [1.82, 2.24) is 0 Å². The minimum Gasteiger partial charge on any atom is -0.469 e. The zero-order valence-corrected chi connectivity index (χ0v) is 13.0. The molecule has 0 amide bonds. The van der Waals surface area contributed by atoms with Crippen molar-refractivity contribution in [2.75, 3.05) is 7.11 Å². The Morgan fingerprint density at radius 2 is 2.09 bits per heavy atom. The van der Waals surface area contributed by atoms with Crippen LogP contribution in [0.15, 0.2) is 30.3 Å². The number of unbranched alkanes of at least 4 members (excludes halogenated alkanes) is 1. The molecule has 116 valence electrons. The lowest BCUT2D eigenvalue weighted by Crippen LogP contribution is -2.03. The Balaban J connectivity index is 1.71. The lowest BCUT2D eigenvalue weighted by molar-refractivity contribution is -0.140. The summed E-state index contributed by atoms with van der Waals surface area (Å²) in [5.74, 6) is -0.177. The lowest BCUT2D eigenvalue weighted by atomic mass is 9.94. The highest BCUT2D eigenvalue weighted by Gasteiger charge is 2.20. The number of rotatable bonds is 6. The van der Waals surface area contributed by atoms with E-state index in [1.807, 2.05) is 0 Å². The Hall–Kier alpha value is -1.87. The second-order valence-corrected chi connectivity index (χ2v) is 5.99. The van der Waals surface area contributed by atoms with E-state index in [0.29, 0.717) is 12.8 Å². The Kier molecular flexibility index (Phi) is 4.44. The van der Waals surface area contributed by atoms with Crippen LogP contribution in [0.3, 0.4) is 0 Å². The van der Waals surface area contributed by atoms with Gasteiger partial charge in [0.1, 0.15) is 0 Å². The highest BCUT2D eigenvalue weighted by molar-refractivity contribution is 5.91. The van der Waals surface area contributed by atoms with E-state index < -0.39 is 6.10 Å². The van der Waals surface area contributed by atoms with Gasteiger partial charge in [0, 0.05) is 6.42 Å². The molecule has 1 N–H and O–H groups in total. The third-order valence-corrected chi connectivity index (χ3v) is 4.62. The van der Waals surface area contributed by atoms with Gasteiger partial charge in [0.05, 0.1) is 13.2 Å². The van der Waals surface area contributed by atoms with Gasteiger partial charge in [-0.3, -0.25) is 4.79 Å². The summed E-state index contributed by atoms with van der Waals surface area (Å²) < 4.78 is 4.63. The molecule has 0 spiro atoms. The molecule has 3 nitrogen and oxygen atoms in total. The van der Waals surface area contributed by atoms with E-state index in [-0.39, 0.29) is 5.97 Å². The lowest BCUT2D eigenvalue weighted by Gasteiger charge is -2.15. The Bertz CT molecular complexity index is 690. The van der Waals surface area contributed by atoms with Crippen molar-refractivity contribution in [3.8, 4) is 0 Å². The molecule has 1 aliphatic carbocycles. The maximum absolute atomic E-state index is 11.1. The topological polar surface area (TPSA) is 46.5 Å². The van der Waals surface area contributed by atoms with Gasteiger partial charge in [-0.2, -0.15) is 0 Å². The summed E-state index contributed by atoms with van der Waals surface area (Å²) in [5, 5.41) is 13.1. The summed E-state index contributed by atoms with van der Waals surface area (Å²) in [6.45, 7) is 0. The summed E-state index contributed by atoms with van der Waals surface area (Å²) in [4.78, 5) is 11.1. The summed E-state index contributed by atoms with van der Waals surface area (Å²) in [6, 6.07) is 10.6. The van der Waals surface area contributed by atoms with E-state index in [1.54, 1.807) is 0 Å². The van der Waals surface area contributed by atoms with Crippen LogP contribution in [-0.4, -0.2) is 18.2 Å². The number of aliphatic hydroxyl groups is 1. The molecule has 1 unspecified atom stereocenters. The molecule has 0 aromatic heterocycles. The average molecular weight is 298 g/mol. The highest BCUT2D eigenvalue weighted by atomic mass is 16.5. The molecule has 22 heavy (non-hydrogen) atoms. The molecule has 0 bridgehead atoms. The molecule has 2 aromatic carbocycles. The van der Waals surface area contributed by atoms with Gasteiger partial charge < -0.3 is 9.84 Å². The van der Waals surface area contributed by atoms with E-state index in [2.05, 4.69) is 35.1 Å². The van der Waals surface area contributed by atoms with Gasteiger partial charge in [-0.25, -0.2) is 0 Å². The maximum Gasteiger partial charge on any atom is 0.305 e. The quantitative estimate of drug-likeness (QED) is 0.653. The second-order valence-electron chi connectivity index (χ2n) is 5.99. The maximum atomic E-state index is 11.1. The molecule has 0 fully saturated rings. The third kappa shape index (κ3) is 2.86. The number of hydrogen-bond acceptors (Lipinski definition) is 3. The number of hydrogen-bond donors (Lipinski definition) is 1. The largest absolute Gasteiger partial charge is 0.469 e. The average Bonchev–Trinajstić information content (AvgIpc) is 2.97. The van der Waals surface area contributed by atoms with Crippen LogP contribution in [-0.2, 0) is 22.4 Å². The normalized spacial score (nSPS) is 14.3. The number of methoxy groups -OCH3 is 1. The van der Waals surface area contributed by atoms with Crippen molar-refractivity contribution in [3.05, 3.63) is 47.0 Å². The van der Waals surface area contributed by atoms with Gasteiger partial charge in [-0.15, -0.1) is 0 Å². The number of ether oxygens (including phenoxy) is 1. The molecule has 0 heterocycles. The van der Waals surface area contributed by atoms with Gasteiger partial charge in [-0.1, -0.05) is 30.3 Å². The van der Waals surface area contributed by atoms with Crippen LogP contribution in [0.1, 0.15) is 48.5 Å². The molecule has 3 rings (SSSR count). The van der Waals surface area contributed by atoms with E-state index in [1.165, 1.54) is 29.0 Å². The summed E-state index contributed by atoms with van der Waals surface area (Å²) in [5.41, 5.74) is 3.77. The predicted molar refractivity (Wildman–Crippen MR) is 86.8 cm³/mol. The molecule has 0 radical (unpaired) electrons. The monoisotopic (exact) mass is 298 g/mol. The predicted octanol–water partition coefficient (Wildman–Crippen LogP) is 3.71. The minimum atomic E-state index is -0.441. The molecular weight excluding hydrogens is 276 g/mol. The number of aliphatic hydroxyl groups excluding tert-OH is 1. The number of aryl methyl sites for hydroxylation is 2. The van der Waals surface area contributed by atoms with Crippen molar-refractivity contribution in [1.29, 1.82) is 0 Å². The first-order chi connectivity index (χ1) is 10.7. The van der Waals surface area contributed by atoms with Crippen molar-refractivity contribution in [2.45, 2.75) is 44.6 Å². The van der Waals surface area contributed by atoms with Gasteiger partial charge in [0.25, 0.3) is 0 Å². The fourth-order valence-corrected chi connectivity index (χ4v) is 3.47. The van der Waals surface area contributed by atoms with Gasteiger partial charge in [0.15, 0.2) is 0 Å². The number of carbonyl (C=O) groups excluding carboxylic acids is 1. The van der Waals surface area contributed by atoms with E-state index in [0.717, 1.165) is 31.2 Å². The van der Waals surface area contributed by atoms with E-state index in [4.69, 9.17) is 0 Å². The van der Waals surface area contributed by atoms with Crippen LogP contribution >= 0.6 is 0 Å². The first kappa shape index (κ1) is 15.0. The Labute approximate surface area is 130 Å². The SMILES string of the molecule is COC(=O)CCCCC(O)c1ccc2cccc3c2c1CC3. The molecular formula is C19H22O3. The zero-order valence-electron chi connectivity index (χ0n) is 13.0. The van der Waals surface area contributed by atoms with E-state index >= 15 is 0 Å². The van der Waals surface area contributed by atoms with Crippen LogP contribution in [0.2, 0.25) is 0 Å². The van der Waals surface area contributed by atoms with Gasteiger partial charge >= 0.3 is 5.97 Å². The number of carbonyl (C=O) groups is 1. The van der Waals surface area contributed by atoms with Crippen molar-refractivity contribution < 1.29 is 14.6 Å². The molecule has 2 aromatic rings. The fraction of sp³-hybridized carbons (Fsp3) is 0.421. The number of esters is 1. The van der Waals surface area contributed by atoms with Crippen LogP contribution in [0, 0.1) is 0 Å². The van der Waals surface area contributed by atoms with Crippen LogP contribution in [0.4, 0.5) is 0 Å². The summed E-state index contributed by atoms with van der Waals surface area (Å²) >= 11 is 0. The second kappa shape index (κ2) is 6.49. The molecule has 3 heteroatoms. The number of benzene rings is 2. The van der Waals surface area contributed by atoms with Crippen molar-refractivity contribution >= 4 is 16.7 Å². The van der Waals surface area contributed by atoms with Crippen LogP contribution < -0.4 is 0 Å².